The molecule has 0 fully saturated rings. The average Bonchev–Trinajstić information content (AvgIpc) is 3.12. The molecule has 0 unspecified atom stereocenters. The first-order valence-electron chi connectivity index (χ1n) is 10.1. The fraction of sp³-hybridized carbons (Fsp3) is 0.364. The number of hydrogen-bond acceptors (Lipinski definition) is 7. The lowest BCUT2D eigenvalue weighted by Crippen LogP contribution is -2.23. The van der Waals surface area contributed by atoms with Crippen molar-refractivity contribution in [2.24, 2.45) is 0 Å². The summed E-state index contributed by atoms with van der Waals surface area (Å²) in [4.78, 5) is 35.4. The van der Waals surface area contributed by atoms with Crippen molar-refractivity contribution < 1.29 is 14.3 Å². The van der Waals surface area contributed by atoms with Crippen LogP contribution in [0.5, 0.6) is 0 Å². The predicted octanol–water partition coefficient (Wildman–Crippen LogP) is 4.87. The minimum Gasteiger partial charge on any atom is -0.462 e. The van der Waals surface area contributed by atoms with Gasteiger partial charge in [0.15, 0.2) is 0 Å². The van der Waals surface area contributed by atoms with Gasteiger partial charge in [-0.25, -0.2) is 14.8 Å². The van der Waals surface area contributed by atoms with E-state index in [1.807, 2.05) is 31.2 Å². The van der Waals surface area contributed by atoms with E-state index in [0.717, 1.165) is 47.2 Å². The van der Waals surface area contributed by atoms with Gasteiger partial charge in [0.05, 0.1) is 22.9 Å². The number of anilines is 1. The summed E-state index contributed by atoms with van der Waals surface area (Å²) < 4.78 is 5.27. The summed E-state index contributed by atoms with van der Waals surface area (Å²) in [7, 11) is 0. The van der Waals surface area contributed by atoms with E-state index < -0.39 is 5.25 Å². The number of nitrogens with zero attached hydrogens (tertiary/aromatic N) is 2. The van der Waals surface area contributed by atoms with Crippen LogP contribution in [0.4, 0.5) is 5.00 Å². The van der Waals surface area contributed by atoms with Crippen molar-refractivity contribution in [3.8, 4) is 0 Å². The molecule has 156 valence electrons. The Kier molecular flexibility index (Phi) is 6.34. The Balaban J connectivity index is 1.56. The summed E-state index contributed by atoms with van der Waals surface area (Å²) in [6.45, 7) is 3.94. The van der Waals surface area contributed by atoms with Crippen molar-refractivity contribution >= 4 is 50.9 Å². The van der Waals surface area contributed by atoms with E-state index in [-0.39, 0.29) is 11.9 Å². The SMILES string of the molecule is CCOC(=O)c1c(NC(=O)[C@@H](C)Sc2ncnc3ccccc23)sc2c1CCCC2. The second-order valence-electron chi connectivity index (χ2n) is 7.08. The highest BCUT2D eigenvalue weighted by molar-refractivity contribution is 8.00. The molecule has 2 heterocycles. The molecule has 0 saturated heterocycles. The number of esters is 1. The number of ether oxygens (including phenoxy) is 1. The summed E-state index contributed by atoms with van der Waals surface area (Å²) in [5, 5.41) is 4.88. The van der Waals surface area contributed by atoms with Crippen LogP contribution in [0.3, 0.4) is 0 Å². The van der Waals surface area contributed by atoms with Gasteiger partial charge >= 0.3 is 5.97 Å². The molecule has 1 aromatic carbocycles. The number of para-hydroxylation sites is 1. The number of amides is 1. The van der Waals surface area contributed by atoms with Crippen LogP contribution < -0.4 is 5.32 Å². The molecule has 0 spiro atoms. The van der Waals surface area contributed by atoms with Crippen LogP contribution in [0.15, 0.2) is 35.6 Å². The molecule has 1 N–H and O–H groups in total. The normalized spacial score (nSPS) is 14.2. The van der Waals surface area contributed by atoms with Crippen molar-refractivity contribution in [2.45, 2.75) is 49.8 Å². The number of benzene rings is 1. The highest BCUT2D eigenvalue weighted by Gasteiger charge is 2.28. The highest BCUT2D eigenvalue weighted by atomic mass is 32.2. The Bertz CT molecular complexity index is 1090. The van der Waals surface area contributed by atoms with Crippen LogP contribution in [-0.4, -0.2) is 33.7 Å². The van der Waals surface area contributed by atoms with Gasteiger partial charge in [-0.15, -0.1) is 11.3 Å². The third kappa shape index (κ3) is 4.20. The van der Waals surface area contributed by atoms with Crippen LogP contribution in [0.1, 0.15) is 47.5 Å². The lowest BCUT2D eigenvalue weighted by Gasteiger charge is -2.14. The van der Waals surface area contributed by atoms with Crippen molar-refractivity contribution in [3.63, 3.8) is 0 Å². The first kappa shape index (κ1) is 20.8. The third-order valence-electron chi connectivity index (χ3n) is 5.05. The molecule has 8 heteroatoms. The summed E-state index contributed by atoms with van der Waals surface area (Å²) >= 11 is 2.89. The summed E-state index contributed by atoms with van der Waals surface area (Å²) in [6.07, 6.45) is 5.47. The van der Waals surface area contributed by atoms with Crippen LogP contribution >= 0.6 is 23.1 Å². The van der Waals surface area contributed by atoms with Crippen LogP contribution in [-0.2, 0) is 22.4 Å². The molecule has 0 bridgehead atoms. The lowest BCUT2D eigenvalue weighted by molar-refractivity contribution is -0.115. The molecule has 1 aliphatic rings. The molecule has 0 aliphatic heterocycles. The van der Waals surface area contributed by atoms with Gasteiger partial charge in [0, 0.05) is 10.3 Å². The maximum atomic E-state index is 13.0. The maximum absolute atomic E-state index is 13.0. The Morgan fingerprint density at radius 1 is 1.23 bits per heavy atom. The van der Waals surface area contributed by atoms with Gasteiger partial charge in [-0.2, -0.15) is 0 Å². The number of rotatable bonds is 6. The van der Waals surface area contributed by atoms with Crippen LogP contribution in [0.2, 0.25) is 0 Å². The first-order chi connectivity index (χ1) is 14.6. The molecule has 0 saturated carbocycles. The van der Waals surface area contributed by atoms with E-state index in [4.69, 9.17) is 4.74 Å². The highest BCUT2D eigenvalue weighted by Crippen LogP contribution is 2.39. The van der Waals surface area contributed by atoms with Gasteiger partial charge in [0.1, 0.15) is 16.4 Å². The van der Waals surface area contributed by atoms with E-state index >= 15 is 0 Å². The number of hydrogen-bond donors (Lipinski definition) is 1. The number of thiophene rings is 1. The minimum absolute atomic E-state index is 0.160. The van der Waals surface area contributed by atoms with E-state index in [0.29, 0.717) is 17.2 Å². The lowest BCUT2D eigenvalue weighted by atomic mass is 9.95. The van der Waals surface area contributed by atoms with Gasteiger partial charge in [0.25, 0.3) is 0 Å². The van der Waals surface area contributed by atoms with Gasteiger partial charge in [0.2, 0.25) is 5.91 Å². The summed E-state index contributed by atoms with van der Waals surface area (Å²) in [5.74, 6) is -0.513. The molecular formula is C22H23N3O3S2. The average molecular weight is 442 g/mol. The fourth-order valence-electron chi connectivity index (χ4n) is 3.58. The number of nitrogens with one attached hydrogen (secondary N) is 1. The Hall–Kier alpha value is -2.45. The molecule has 3 aromatic rings. The Labute approximate surface area is 183 Å². The molecule has 0 radical (unpaired) electrons. The van der Waals surface area contributed by atoms with Crippen molar-refractivity contribution in [1.29, 1.82) is 0 Å². The van der Waals surface area contributed by atoms with Crippen molar-refractivity contribution in [3.05, 3.63) is 46.6 Å². The quantitative estimate of drug-likeness (QED) is 0.334. The van der Waals surface area contributed by atoms with Gasteiger partial charge in [-0.05, 0) is 51.2 Å². The molecule has 1 amide bonds. The molecule has 2 aromatic heterocycles. The molecule has 4 rings (SSSR count). The maximum Gasteiger partial charge on any atom is 0.341 e. The van der Waals surface area contributed by atoms with Gasteiger partial charge in [-0.1, -0.05) is 30.0 Å². The van der Waals surface area contributed by atoms with Crippen molar-refractivity contribution in [2.75, 3.05) is 11.9 Å². The number of thioether (sulfide) groups is 1. The van der Waals surface area contributed by atoms with E-state index in [1.165, 1.54) is 34.3 Å². The zero-order valence-electron chi connectivity index (χ0n) is 16.9. The number of aromatic nitrogens is 2. The molecule has 30 heavy (non-hydrogen) atoms. The third-order valence-corrected chi connectivity index (χ3v) is 7.37. The summed E-state index contributed by atoms with van der Waals surface area (Å²) in [6, 6.07) is 7.74. The monoisotopic (exact) mass is 441 g/mol. The van der Waals surface area contributed by atoms with Gasteiger partial charge in [-0.3, -0.25) is 4.79 Å². The minimum atomic E-state index is -0.391. The Morgan fingerprint density at radius 2 is 2.03 bits per heavy atom. The standard InChI is InChI=1S/C22H23N3O3S2/c1-3-28-22(27)18-15-9-5-7-11-17(15)30-21(18)25-19(26)13(2)29-20-14-8-4-6-10-16(14)23-12-24-20/h4,6,8,10,12-13H,3,5,7,9,11H2,1-2H3,(H,25,26)/t13-/m1/s1. The fourth-order valence-corrected chi connectivity index (χ4v) is 5.77. The van der Waals surface area contributed by atoms with Crippen molar-refractivity contribution in [1.82, 2.24) is 9.97 Å². The number of carbonyl (C=O) groups excluding carboxylic acids is 2. The molecule has 1 aliphatic carbocycles. The zero-order valence-corrected chi connectivity index (χ0v) is 18.6. The van der Waals surface area contributed by atoms with Crippen LogP contribution in [0, 0.1) is 0 Å². The summed E-state index contributed by atoms with van der Waals surface area (Å²) in [5.41, 5.74) is 2.43. The van der Waals surface area contributed by atoms with E-state index in [1.54, 1.807) is 6.92 Å². The molecule has 1 atom stereocenters. The smallest absolute Gasteiger partial charge is 0.341 e. The molecular weight excluding hydrogens is 418 g/mol. The molecule has 6 nitrogen and oxygen atoms in total. The Morgan fingerprint density at radius 3 is 2.87 bits per heavy atom. The number of fused-ring (bicyclic) bond motifs is 2. The van der Waals surface area contributed by atoms with Crippen LogP contribution in [0.25, 0.3) is 10.9 Å². The topological polar surface area (TPSA) is 81.2 Å². The number of aryl methyl sites for hydroxylation is 1. The largest absolute Gasteiger partial charge is 0.462 e. The zero-order chi connectivity index (χ0) is 21.1. The predicted molar refractivity (Wildman–Crippen MR) is 120 cm³/mol. The van der Waals surface area contributed by atoms with Gasteiger partial charge < -0.3 is 10.1 Å². The van der Waals surface area contributed by atoms with E-state index in [2.05, 4.69) is 15.3 Å². The van der Waals surface area contributed by atoms with E-state index in [9.17, 15) is 9.59 Å². The second-order valence-corrected chi connectivity index (χ2v) is 9.52. The first-order valence-corrected chi connectivity index (χ1v) is 11.8. The second kappa shape index (κ2) is 9.14. The number of carbonyl (C=O) groups is 2.